The fourth-order valence-electron chi connectivity index (χ4n) is 1.15. The third-order valence-electron chi connectivity index (χ3n) is 2.04. The molecular weight excluding hydrogens is 248 g/mol. The molecule has 0 radical (unpaired) electrons. The molecule has 2 amide bonds. The smallest absolute Gasteiger partial charge is 0.306 e. The van der Waals surface area contributed by atoms with Crippen molar-refractivity contribution in [2.45, 2.75) is 39.7 Å². The molecule has 0 aromatic carbocycles. The Morgan fingerprint density at radius 2 is 1.68 bits per heavy atom. The Morgan fingerprint density at radius 3 is 2.21 bits per heavy atom. The largest absolute Gasteiger partial charge is 0.463 e. The van der Waals surface area contributed by atoms with E-state index in [1.807, 2.05) is 0 Å². The maximum atomic E-state index is 11.4. The van der Waals surface area contributed by atoms with E-state index in [1.165, 1.54) is 0 Å². The topological polar surface area (TPSA) is 84.5 Å². The standard InChI is InChI=1S/C13H22N2O4/c1-9(2)13(18)15-8-7-14-11(16)5-6-12(17)19-10(3)4/h10H,1,5-8H2,2-4H3,(H,14,16)(H,15,18). The van der Waals surface area contributed by atoms with Crippen molar-refractivity contribution in [3.8, 4) is 0 Å². The van der Waals surface area contributed by atoms with E-state index in [0.717, 1.165) is 0 Å². The van der Waals surface area contributed by atoms with E-state index in [-0.39, 0.29) is 36.7 Å². The van der Waals surface area contributed by atoms with Crippen molar-refractivity contribution in [2.24, 2.45) is 0 Å². The van der Waals surface area contributed by atoms with Gasteiger partial charge in [-0.15, -0.1) is 0 Å². The normalized spacial score (nSPS) is 9.89. The van der Waals surface area contributed by atoms with Gasteiger partial charge in [-0.2, -0.15) is 0 Å². The number of ether oxygens (including phenoxy) is 1. The van der Waals surface area contributed by atoms with Crippen LogP contribution in [-0.2, 0) is 19.1 Å². The number of hydrogen-bond acceptors (Lipinski definition) is 4. The molecule has 108 valence electrons. The van der Waals surface area contributed by atoms with Crippen LogP contribution in [0, 0.1) is 0 Å². The second-order valence-corrected chi connectivity index (χ2v) is 4.42. The average Bonchev–Trinajstić information content (AvgIpc) is 2.30. The molecule has 0 fully saturated rings. The Morgan fingerprint density at radius 1 is 1.11 bits per heavy atom. The van der Waals surface area contributed by atoms with Gasteiger partial charge in [0, 0.05) is 25.1 Å². The monoisotopic (exact) mass is 270 g/mol. The summed E-state index contributed by atoms with van der Waals surface area (Å²) in [5, 5.41) is 5.18. The first-order valence-corrected chi connectivity index (χ1v) is 6.22. The molecule has 0 aliphatic carbocycles. The second kappa shape index (κ2) is 9.13. The lowest BCUT2D eigenvalue weighted by Gasteiger charge is -2.08. The van der Waals surface area contributed by atoms with E-state index >= 15 is 0 Å². The maximum absolute atomic E-state index is 11.4. The number of carbonyl (C=O) groups is 3. The van der Waals surface area contributed by atoms with Gasteiger partial charge in [-0.05, 0) is 20.8 Å². The number of rotatable bonds is 8. The van der Waals surface area contributed by atoms with Crippen molar-refractivity contribution in [1.29, 1.82) is 0 Å². The predicted octanol–water partition coefficient (Wildman–Crippen LogP) is 0.527. The molecule has 6 heteroatoms. The van der Waals surface area contributed by atoms with Crippen molar-refractivity contribution in [1.82, 2.24) is 10.6 Å². The molecule has 0 saturated heterocycles. The van der Waals surface area contributed by atoms with Crippen LogP contribution in [0.1, 0.15) is 33.6 Å². The van der Waals surface area contributed by atoms with Gasteiger partial charge >= 0.3 is 5.97 Å². The first kappa shape index (κ1) is 17.2. The summed E-state index contributed by atoms with van der Waals surface area (Å²) in [6, 6.07) is 0. The predicted molar refractivity (Wildman–Crippen MR) is 71.3 cm³/mol. The fourth-order valence-corrected chi connectivity index (χ4v) is 1.15. The van der Waals surface area contributed by atoms with Gasteiger partial charge in [-0.1, -0.05) is 6.58 Å². The van der Waals surface area contributed by atoms with Gasteiger partial charge in [0.25, 0.3) is 0 Å². The van der Waals surface area contributed by atoms with Crippen molar-refractivity contribution in [3.05, 3.63) is 12.2 Å². The molecule has 6 nitrogen and oxygen atoms in total. The Balaban J connectivity index is 3.63. The van der Waals surface area contributed by atoms with Crippen LogP contribution in [0.2, 0.25) is 0 Å². The molecule has 0 aromatic rings. The molecule has 0 spiro atoms. The zero-order chi connectivity index (χ0) is 14.8. The van der Waals surface area contributed by atoms with Crippen LogP contribution < -0.4 is 10.6 Å². The number of amides is 2. The van der Waals surface area contributed by atoms with Crippen molar-refractivity contribution >= 4 is 17.8 Å². The average molecular weight is 270 g/mol. The summed E-state index contributed by atoms with van der Waals surface area (Å²) < 4.78 is 4.90. The van der Waals surface area contributed by atoms with E-state index in [0.29, 0.717) is 18.7 Å². The Labute approximate surface area is 113 Å². The summed E-state index contributed by atoms with van der Waals surface area (Å²) in [5.74, 6) is -0.874. The highest BCUT2D eigenvalue weighted by molar-refractivity contribution is 5.92. The molecule has 0 bridgehead atoms. The molecule has 19 heavy (non-hydrogen) atoms. The Kier molecular flexibility index (Phi) is 8.24. The molecule has 0 aliphatic heterocycles. The van der Waals surface area contributed by atoms with E-state index in [9.17, 15) is 14.4 Å². The van der Waals surface area contributed by atoms with E-state index in [1.54, 1.807) is 20.8 Å². The van der Waals surface area contributed by atoms with Crippen LogP contribution in [0.3, 0.4) is 0 Å². The minimum atomic E-state index is -0.388. The van der Waals surface area contributed by atoms with E-state index in [2.05, 4.69) is 17.2 Å². The molecule has 0 aliphatic rings. The molecule has 0 saturated carbocycles. The molecule has 0 heterocycles. The molecule has 0 rings (SSSR count). The van der Waals surface area contributed by atoms with Gasteiger partial charge in [0.15, 0.2) is 0 Å². The SMILES string of the molecule is C=C(C)C(=O)NCCNC(=O)CCC(=O)OC(C)C. The lowest BCUT2D eigenvalue weighted by Crippen LogP contribution is -2.35. The van der Waals surface area contributed by atoms with Gasteiger partial charge in [0.05, 0.1) is 12.5 Å². The van der Waals surface area contributed by atoms with Crippen LogP contribution >= 0.6 is 0 Å². The number of esters is 1. The highest BCUT2D eigenvalue weighted by Crippen LogP contribution is 1.96. The fraction of sp³-hybridized carbons (Fsp3) is 0.615. The first-order chi connectivity index (χ1) is 8.82. The van der Waals surface area contributed by atoms with Crippen molar-refractivity contribution < 1.29 is 19.1 Å². The summed E-state index contributed by atoms with van der Waals surface area (Å²) in [6.45, 7) is 9.24. The summed E-state index contributed by atoms with van der Waals surface area (Å²) in [5.41, 5.74) is 0.419. The lowest BCUT2D eigenvalue weighted by molar-refractivity contribution is -0.148. The summed E-state index contributed by atoms with van der Waals surface area (Å²) in [6.07, 6.45) is -0.0322. The third kappa shape index (κ3) is 9.82. The summed E-state index contributed by atoms with van der Waals surface area (Å²) in [7, 11) is 0. The molecular formula is C13H22N2O4. The highest BCUT2D eigenvalue weighted by Gasteiger charge is 2.09. The maximum Gasteiger partial charge on any atom is 0.306 e. The Hall–Kier alpha value is -1.85. The number of nitrogens with one attached hydrogen (secondary N) is 2. The number of hydrogen-bond donors (Lipinski definition) is 2. The van der Waals surface area contributed by atoms with Gasteiger partial charge in [0.1, 0.15) is 0 Å². The summed E-state index contributed by atoms with van der Waals surface area (Å²) >= 11 is 0. The van der Waals surface area contributed by atoms with Gasteiger partial charge in [-0.3, -0.25) is 14.4 Å². The molecule has 0 aromatic heterocycles. The quantitative estimate of drug-likeness (QED) is 0.383. The van der Waals surface area contributed by atoms with Gasteiger partial charge < -0.3 is 15.4 Å². The van der Waals surface area contributed by atoms with E-state index in [4.69, 9.17) is 4.74 Å². The molecule has 2 N–H and O–H groups in total. The highest BCUT2D eigenvalue weighted by atomic mass is 16.5. The minimum Gasteiger partial charge on any atom is -0.463 e. The van der Waals surface area contributed by atoms with Crippen LogP contribution in [0.15, 0.2) is 12.2 Å². The minimum absolute atomic E-state index is 0.0577. The second-order valence-electron chi connectivity index (χ2n) is 4.42. The zero-order valence-electron chi connectivity index (χ0n) is 11.7. The third-order valence-corrected chi connectivity index (χ3v) is 2.04. The van der Waals surface area contributed by atoms with Crippen LogP contribution in [0.25, 0.3) is 0 Å². The first-order valence-electron chi connectivity index (χ1n) is 6.22. The lowest BCUT2D eigenvalue weighted by atomic mass is 10.3. The van der Waals surface area contributed by atoms with E-state index < -0.39 is 0 Å². The van der Waals surface area contributed by atoms with Crippen molar-refractivity contribution in [3.63, 3.8) is 0 Å². The van der Waals surface area contributed by atoms with Crippen molar-refractivity contribution in [2.75, 3.05) is 13.1 Å². The van der Waals surface area contributed by atoms with Crippen LogP contribution in [0.4, 0.5) is 0 Å². The van der Waals surface area contributed by atoms with Crippen LogP contribution in [0.5, 0.6) is 0 Å². The molecule has 0 unspecified atom stereocenters. The Bertz CT molecular complexity index is 351. The summed E-state index contributed by atoms with van der Waals surface area (Å²) in [4.78, 5) is 33.7. The van der Waals surface area contributed by atoms with Crippen LogP contribution in [-0.4, -0.2) is 37.0 Å². The van der Waals surface area contributed by atoms with Gasteiger partial charge in [-0.25, -0.2) is 0 Å². The number of carbonyl (C=O) groups excluding carboxylic acids is 3. The molecule has 0 atom stereocenters. The van der Waals surface area contributed by atoms with Gasteiger partial charge in [0.2, 0.25) is 11.8 Å². The zero-order valence-corrected chi connectivity index (χ0v) is 11.7.